The molecule has 8 heteroatoms. The summed E-state index contributed by atoms with van der Waals surface area (Å²) in [7, 11) is 1.71. The van der Waals surface area contributed by atoms with Crippen LogP contribution in [0.25, 0.3) is 0 Å². The molecule has 1 aliphatic rings. The quantitative estimate of drug-likeness (QED) is 0.685. The average molecular weight is 392 g/mol. The summed E-state index contributed by atoms with van der Waals surface area (Å²) in [5, 5.41) is 3.07. The highest BCUT2D eigenvalue weighted by Crippen LogP contribution is 2.26. The van der Waals surface area contributed by atoms with Crippen molar-refractivity contribution >= 4 is 11.8 Å². The van der Waals surface area contributed by atoms with Crippen LogP contribution in [0, 0.1) is 6.92 Å². The summed E-state index contributed by atoms with van der Waals surface area (Å²) in [6.45, 7) is 5.09. The fraction of sp³-hybridized carbons (Fsp3) is 0.333. The van der Waals surface area contributed by atoms with Gasteiger partial charge in [0.05, 0.1) is 31.8 Å². The van der Waals surface area contributed by atoms with Gasteiger partial charge >= 0.3 is 0 Å². The van der Waals surface area contributed by atoms with E-state index < -0.39 is 0 Å². The lowest BCUT2D eigenvalue weighted by atomic mass is 10.1. The van der Waals surface area contributed by atoms with Crippen molar-refractivity contribution in [3.05, 3.63) is 65.9 Å². The zero-order valence-corrected chi connectivity index (χ0v) is 16.6. The minimum atomic E-state index is -0.147. The SMILES string of the molecule is COc1cc(C)ccc1CN1CCOC(c2cncc(Nc3ncccn3)n2)C1. The lowest BCUT2D eigenvalue weighted by Gasteiger charge is -2.32. The Morgan fingerprint density at radius 3 is 2.93 bits per heavy atom. The number of benzene rings is 1. The fourth-order valence-electron chi connectivity index (χ4n) is 3.32. The molecule has 3 heterocycles. The number of rotatable bonds is 6. The second kappa shape index (κ2) is 8.93. The number of nitrogens with one attached hydrogen (secondary N) is 1. The van der Waals surface area contributed by atoms with E-state index in [9.17, 15) is 0 Å². The highest BCUT2D eigenvalue weighted by Gasteiger charge is 2.24. The van der Waals surface area contributed by atoms with Crippen LogP contribution in [0.4, 0.5) is 11.8 Å². The van der Waals surface area contributed by atoms with Crippen molar-refractivity contribution in [2.75, 3.05) is 32.1 Å². The summed E-state index contributed by atoms with van der Waals surface area (Å²) in [5.41, 5.74) is 3.14. The topological polar surface area (TPSA) is 85.3 Å². The molecule has 29 heavy (non-hydrogen) atoms. The van der Waals surface area contributed by atoms with Gasteiger partial charge in [-0.3, -0.25) is 9.88 Å². The van der Waals surface area contributed by atoms with E-state index in [4.69, 9.17) is 9.47 Å². The van der Waals surface area contributed by atoms with Crippen LogP contribution in [0.1, 0.15) is 22.9 Å². The Morgan fingerprint density at radius 2 is 2.10 bits per heavy atom. The molecular weight excluding hydrogens is 368 g/mol. The minimum Gasteiger partial charge on any atom is -0.496 e. The summed E-state index contributed by atoms with van der Waals surface area (Å²) < 4.78 is 11.5. The Labute approximate surface area is 170 Å². The van der Waals surface area contributed by atoms with E-state index in [1.807, 2.05) is 0 Å². The highest BCUT2D eigenvalue weighted by molar-refractivity contribution is 5.45. The predicted molar refractivity (Wildman–Crippen MR) is 109 cm³/mol. The molecule has 1 N–H and O–H groups in total. The van der Waals surface area contributed by atoms with Crippen LogP contribution in [0.15, 0.2) is 49.1 Å². The molecule has 150 valence electrons. The molecule has 2 aromatic heterocycles. The van der Waals surface area contributed by atoms with Crippen LogP contribution >= 0.6 is 0 Å². The van der Waals surface area contributed by atoms with Gasteiger partial charge in [0.15, 0.2) is 5.82 Å². The summed E-state index contributed by atoms with van der Waals surface area (Å²) >= 11 is 0. The Morgan fingerprint density at radius 1 is 1.24 bits per heavy atom. The summed E-state index contributed by atoms with van der Waals surface area (Å²) in [5.74, 6) is 1.99. The maximum Gasteiger partial charge on any atom is 0.228 e. The standard InChI is InChI=1S/C21H24N6O2/c1-15-4-5-16(18(10-15)28-2)13-27-8-9-29-19(14-27)17-11-22-12-20(25-17)26-21-23-6-3-7-24-21/h3-7,10-12,19H,8-9,13-14H2,1-2H3,(H,23,24,25,26). The summed E-state index contributed by atoms with van der Waals surface area (Å²) in [6.07, 6.45) is 6.60. The van der Waals surface area contributed by atoms with E-state index in [1.165, 1.54) is 11.1 Å². The van der Waals surface area contributed by atoms with Gasteiger partial charge in [0, 0.05) is 37.6 Å². The van der Waals surface area contributed by atoms with E-state index in [2.05, 4.69) is 55.3 Å². The molecule has 0 spiro atoms. The Balaban J connectivity index is 1.45. The van der Waals surface area contributed by atoms with Crippen LogP contribution < -0.4 is 10.1 Å². The van der Waals surface area contributed by atoms with Crippen molar-refractivity contribution in [2.45, 2.75) is 19.6 Å². The van der Waals surface area contributed by atoms with Crippen LogP contribution in [-0.2, 0) is 11.3 Å². The predicted octanol–water partition coefficient (Wildman–Crippen LogP) is 2.90. The molecule has 0 aliphatic carbocycles. The number of aryl methyl sites for hydroxylation is 1. The lowest BCUT2D eigenvalue weighted by Crippen LogP contribution is -2.38. The molecule has 1 unspecified atom stereocenters. The fourth-order valence-corrected chi connectivity index (χ4v) is 3.32. The molecule has 0 amide bonds. The molecule has 3 aromatic rings. The monoisotopic (exact) mass is 392 g/mol. The van der Waals surface area contributed by atoms with Gasteiger partial charge in [0.1, 0.15) is 11.9 Å². The molecule has 0 bridgehead atoms. The number of hydrogen-bond donors (Lipinski definition) is 1. The van der Waals surface area contributed by atoms with Crippen LogP contribution in [0.5, 0.6) is 5.75 Å². The molecule has 1 aliphatic heterocycles. The van der Waals surface area contributed by atoms with Crippen LogP contribution in [0.3, 0.4) is 0 Å². The highest BCUT2D eigenvalue weighted by atomic mass is 16.5. The average Bonchev–Trinajstić information content (AvgIpc) is 2.76. The van der Waals surface area contributed by atoms with E-state index >= 15 is 0 Å². The van der Waals surface area contributed by atoms with E-state index in [1.54, 1.807) is 38.0 Å². The maximum absolute atomic E-state index is 5.98. The van der Waals surface area contributed by atoms with Gasteiger partial charge in [-0.25, -0.2) is 15.0 Å². The molecule has 1 aromatic carbocycles. The third kappa shape index (κ3) is 4.85. The van der Waals surface area contributed by atoms with Crippen LogP contribution in [0.2, 0.25) is 0 Å². The maximum atomic E-state index is 5.98. The van der Waals surface area contributed by atoms with E-state index in [-0.39, 0.29) is 6.10 Å². The number of morpholine rings is 1. The lowest BCUT2D eigenvalue weighted by molar-refractivity contribution is -0.0352. The molecular formula is C21H24N6O2. The van der Waals surface area contributed by atoms with Crippen molar-refractivity contribution < 1.29 is 9.47 Å². The normalized spacial score (nSPS) is 17.1. The smallest absolute Gasteiger partial charge is 0.228 e. The third-order valence-corrected chi connectivity index (χ3v) is 4.78. The Hall–Kier alpha value is -3.10. The van der Waals surface area contributed by atoms with E-state index in [0.29, 0.717) is 18.4 Å². The Kier molecular flexibility index (Phi) is 5.92. The first kappa shape index (κ1) is 19.2. The molecule has 1 fully saturated rings. The molecule has 1 saturated heterocycles. The largest absolute Gasteiger partial charge is 0.496 e. The Bertz CT molecular complexity index is 953. The summed E-state index contributed by atoms with van der Waals surface area (Å²) in [6, 6.07) is 8.07. The third-order valence-electron chi connectivity index (χ3n) is 4.78. The molecule has 8 nitrogen and oxygen atoms in total. The minimum absolute atomic E-state index is 0.147. The molecule has 4 rings (SSSR count). The van der Waals surface area contributed by atoms with Gasteiger partial charge in [0.25, 0.3) is 0 Å². The second-order valence-electron chi connectivity index (χ2n) is 6.94. The van der Waals surface area contributed by atoms with Gasteiger partial charge in [-0.05, 0) is 24.6 Å². The number of aromatic nitrogens is 4. The number of ether oxygens (including phenoxy) is 2. The van der Waals surface area contributed by atoms with Gasteiger partial charge in [0.2, 0.25) is 5.95 Å². The van der Waals surface area contributed by atoms with Crippen molar-refractivity contribution in [3.8, 4) is 5.75 Å². The molecule has 0 saturated carbocycles. The van der Waals surface area contributed by atoms with Gasteiger partial charge in [-0.2, -0.15) is 0 Å². The number of hydrogen-bond acceptors (Lipinski definition) is 8. The van der Waals surface area contributed by atoms with Crippen molar-refractivity contribution in [1.82, 2.24) is 24.8 Å². The number of methoxy groups -OCH3 is 1. The molecule has 0 radical (unpaired) electrons. The van der Waals surface area contributed by atoms with Gasteiger partial charge < -0.3 is 14.8 Å². The van der Waals surface area contributed by atoms with Crippen LogP contribution in [-0.4, -0.2) is 51.6 Å². The summed E-state index contributed by atoms with van der Waals surface area (Å²) in [4.78, 5) is 19.6. The first-order valence-corrected chi connectivity index (χ1v) is 9.55. The first-order valence-electron chi connectivity index (χ1n) is 9.55. The first-order chi connectivity index (χ1) is 14.2. The second-order valence-corrected chi connectivity index (χ2v) is 6.94. The van der Waals surface area contributed by atoms with Gasteiger partial charge in [-0.1, -0.05) is 12.1 Å². The zero-order valence-electron chi connectivity index (χ0n) is 16.6. The molecule has 1 atom stereocenters. The zero-order chi connectivity index (χ0) is 20.1. The van der Waals surface area contributed by atoms with E-state index in [0.717, 1.165) is 31.1 Å². The number of nitrogens with zero attached hydrogens (tertiary/aromatic N) is 5. The van der Waals surface area contributed by atoms with Crippen molar-refractivity contribution in [3.63, 3.8) is 0 Å². The van der Waals surface area contributed by atoms with Crippen molar-refractivity contribution in [2.24, 2.45) is 0 Å². The van der Waals surface area contributed by atoms with Gasteiger partial charge in [-0.15, -0.1) is 0 Å². The number of anilines is 2. The van der Waals surface area contributed by atoms with Crippen molar-refractivity contribution in [1.29, 1.82) is 0 Å².